The fourth-order valence-electron chi connectivity index (χ4n) is 4.07. The molecule has 33 heavy (non-hydrogen) atoms. The summed E-state index contributed by atoms with van der Waals surface area (Å²) in [5.74, 6) is -0.171. The molecular weight excluding hydrogens is 440 g/mol. The van der Waals surface area contributed by atoms with Gasteiger partial charge >= 0.3 is 0 Å². The smallest absolute Gasteiger partial charge is 0.270 e. The van der Waals surface area contributed by atoms with E-state index >= 15 is 0 Å². The highest BCUT2D eigenvalue weighted by Gasteiger charge is 2.61. The molecule has 9 heteroatoms. The van der Waals surface area contributed by atoms with Crippen molar-refractivity contribution in [2.45, 2.75) is 39.0 Å². The molecule has 4 rings (SSSR count). The summed E-state index contributed by atoms with van der Waals surface area (Å²) >= 11 is 1.09. The number of hydrazone groups is 1. The van der Waals surface area contributed by atoms with E-state index in [1.165, 1.54) is 18.9 Å². The van der Waals surface area contributed by atoms with Gasteiger partial charge in [-0.1, -0.05) is 29.8 Å². The van der Waals surface area contributed by atoms with Crippen LogP contribution in [0.1, 0.15) is 37.0 Å². The number of amides is 3. The van der Waals surface area contributed by atoms with Crippen molar-refractivity contribution in [1.29, 1.82) is 0 Å². The van der Waals surface area contributed by atoms with E-state index in [0.29, 0.717) is 25.1 Å². The first-order valence-electron chi connectivity index (χ1n) is 10.7. The number of hydrogen-bond donors (Lipinski definition) is 1. The van der Waals surface area contributed by atoms with Crippen molar-refractivity contribution in [3.05, 3.63) is 59.2 Å². The summed E-state index contributed by atoms with van der Waals surface area (Å²) in [7, 11) is 0. The van der Waals surface area contributed by atoms with Crippen LogP contribution in [0, 0.1) is 13.8 Å². The van der Waals surface area contributed by atoms with Gasteiger partial charge in [0.15, 0.2) is 5.17 Å². The number of aryl methyl sites for hydroxylation is 2. The standard InChI is InChI=1S/C24H26N4O4S/c1-15-7-5-8-19(13-15)32-12-6-11-27-21-10-9-16(2)14-20(21)24(22(27)31)28(18(4)30)26-23(33-24)25-17(3)29/h5,7-10,13-14H,6,11-12H2,1-4H3,(H,25,26,29)/t24-/m0/s1. The zero-order chi connectivity index (χ0) is 23.8. The number of benzene rings is 2. The van der Waals surface area contributed by atoms with Crippen molar-refractivity contribution < 1.29 is 19.1 Å². The predicted octanol–water partition coefficient (Wildman–Crippen LogP) is 3.27. The third-order valence-corrected chi connectivity index (χ3v) is 6.68. The Labute approximate surface area is 197 Å². The molecule has 0 saturated heterocycles. The lowest BCUT2D eigenvalue weighted by molar-refractivity contribution is -0.139. The number of nitrogens with zero attached hydrogens (tertiary/aromatic N) is 3. The van der Waals surface area contributed by atoms with Gasteiger partial charge in [0.2, 0.25) is 16.7 Å². The molecule has 3 amide bonds. The molecule has 0 bridgehead atoms. The van der Waals surface area contributed by atoms with Gasteiger partial charge in [0.25, 0.3) is 5.91 Å². The minimum atomic E-state index is -1.37. The zero-order valence-electron chi connectivity index (χ0n) is 19.0. The van der Waals surface area contributed by atoms with Crippen LogP contribution in [-0.4, -0.2) is 41.0 Å². The number of thioether (sulfide) groups is 1. The van der Waals surface area contributed by atoms with Gasteiger partial charge in [-0.3, -0.25) is 14.4 Å². The highest BCUT2D eigenvalue weighted by Crippen LogP contribution is 2.54. The number of anilines is 1. The molecule has 8 nitrogen and oxygen atoms in total. The summed E-state index contributed by atoms with van der Waals surface area (Å²) in [5.41, 5.74) is 3.50. The second kappa shape index (κ2) is 8.90. The van der Waals surface area contributed by atoms with Crippen molar-refractivity contribution in [2.75, 3.05) is 18.1 Å². The molecule has 1 atom stereocenters. The first-order valence-corrected chi connectivity index (χ1v) is 11.5. The number of rotatable bonds is 5. The lowest BCUT2D eigenvalue weighted by Gasteiger charge is -2.29. The first-order chi connectivity index (χ1) is 15.7. The van der Waals surface area contributed by atoms with Crippen molar-refractivity contribution in [1.82, 2.24) is 10.3 Å². The van der Waals surface area contributed by atoms with Crippen molar-refractivity contribution >= 4 is 40.3 Å². The molecule has 0 saturated carbocycles. The van der Waals surface area contributed by atoms with Gasteiger partial charge in [-0.15, -0.1) is 5.10 Å². The maximum atomic E-state index is 13.8. The highest BCUT2D eigenvalue weighted by atomic mass is 32.2. The molecule has 0 aromatic heterocycles. The van der Waals surface area contributed by atoms with Crippen molar-refractivity contribution in [2.24, 2.45) is 5.10 Å². The Balaban J connectivity index is 1.59. The predicted molar refractivity (Wildman–Crippen MR) is 128 cm³/mol. The van der Waals surface area contributed by atoms with Crippen LogP contribution in [0.15, 0.2) is 47.6 Å². The maximum absolute atomic E-state index is 13.8. The molecule has 1 N–H and O–H groups in total. The molecule has 0 unspecified atom stereocenters. The maximum Gasteiger partial charge on any atom is 0.270 e. The fraction of sp³-hybridized carbons (Fsp3) is 0.333. The molecular formula is C24H26N4O4S. The third kappa shape index (κ3) is 4.20. The van der Waals surface area contributed by atoms with Crippen LogP contribution in [0.4, 0.5) is 5.69 Å². The van der Waals surface area contributed by atoms with Crippen molar-refractivity contribution in [3.63, 3.8) is 0 Å². The third-order valence-electron chi connectivity index (χ3n) is 5.44. The van der Waals surface area contributed by atoms with E-state index in [2.05, 4.69) is 10.4 Å². The van der Waals surface area contributed by atoms with E-state index in [1.54, 1.807) is 4.90 Å². The number of carbonyl (C=O) groups is 3. The van der Waals surface area contributed by atoms with E-state index in [-0.39, 0.29) is 22.9 Å². The summed E-state index contributed by atoms with van der Waals surface area (Å²) in [4.78, 5) is 38.3. The number of hydrogen-bond acceptors (Lipinski definition) is 6. The highest BCUT2D eigenvalue weighted by molar-refractivity contribution is 8.15. The molecule has 2 heterocycles. The van der Waals surface area contributed by atoms with Crippen LogP contribution < -0.4 is 15.0 Å². The SMILES string of the molecule is CC(=O)NC1=NN(C(C)=O)[C@@]2(S1)C(=O)N(CCCOc1cccc(C)c1)c1ccc(C)cc12. The first kappa shape index (κ1) is 22.8. The van der Waals surface area contributed by atoms with E-state index < -0.39 is 4.87 Å². The van der Waals surface area contributed by atoms with Gasteiger partial charge in [0.05, 0.1) is 12.3 Å². The largest absolute Gasteiger partial charge is 0.494 e. The summed E-state index contributed by atoms with van der Waals surface area (Å²) in [6, 6.07) is 13.6. The van der Waals surface area contributed by atoms with Gasteiger partial charge in [0, 0.05) is 26.0 Å². The van der Waals surface area contributed by atoms with Crippen LogP contribution in [0.3, 0.4) is 0 Å². The molecule has 2 aliphatic rings. The number of carbonyl (C=O) groups excluding carboxylic acids is 3. The Kier molecular flexibility index (Phi) is 6.16. The Bertz CT molecular complexity index is 1160. The number of ether oxygens (including phenoxy) is 1. The quantitative estimate of drug-likeness (QED) is 0.683. The van der Waals surface area contributed by atoms with Crippen molar-refractivity contribution in [3.8, 4) is 5.75 Å². The molecule has 172 valence electrons. The average molecular weight is 467 g/mol. The molecule has 2 aliphatic heterocycles. The second-order valence-corrected chi connectivity index (χ2v) is 9.34. The summed E-state index contributed by atoms with van der Waals surface area (Å²) in [6.45, 7) is 7.53. The fourth-order valence-corrected chi connectivity index (χ4v) is 5.39. The molecule has 0 fully saturated rings. The van der Waals surface area contributed by atoms with E-state index in [4.69, 9.17) is 4.74 Å². The van der Waals surface area contributed by atoms with E-state index in [9.17, 15) is 14.4 Å². The van der Waals surface area contributed by atoms with Gasteiger partial charge < -0.3 is 15.0 Å². The number of fused-ring (bicyclic) bond motifs is 2. The van der Waals surface area contributed by atoms with Crippen LogP contribution in [0.5, 0.6) is 5.75 Å². The van der Waals surface area contributed by atoms with Gasteiger partial charge in [-0.2, -0.15) is 5.01 Å². The topological polar surface area (TPSA) is 91.3 Å². The van der Waals surface area contributed by atoms with Gasteiger partial charge in [-0.05, 0) is 55.8 Å². The Morgan fingerprint density at radius 2 is 1.88 bits per heavy atom. The summed E-state index contributed by atoms with van der Waals surface area (Å²) in [6.07, 6.45) is 0.604. The van der Waals surface area contributed by atoms with Gasteiger partial charge in [-0.25, -0.2) is 0 Å². The normalized spacial score (nSPS) is 19.0. The molecule has 1 spiro atoms. The Morgan fingerprint density at radius 1 is 1.12 bits per heavy atom. The number of amidine groups is 1. The van der Waals surface area contributed by atoms with Crippen LogP contribution >= 0.6 is 11.8 Å². The second-order valence-electron chi connectivity index (χ2n) is 8.16. The zero-order valence-corrected chi connectivity index (χ0v) is 19.9. The van der Waals surface area contributed by atoms with Crippen LogP contribution in [0.25, 0.3) is 0 Å². The average Bonchev–Trinajstić information content (AvgIpc) is 3.23. The van der Waals surface area contributed by atoms with E-state index in [1.807, 2.05) is 56.3 Å². The lowest BCUT2D eigenvalue weighted by Crippen LogP contribution is -2.48. The molecule has 2 aromatic carbocycles. The summed E-state index contributed by atoms with van der Waals surface area (Å²) < 4.78 is 5.85. The summed E-state index contributed by atoms with van der Waals surface area (Å²) in [5, 5.41) is 8.32. The minimum absolute atomic E-state index is 0.225. The van der Waals surface area contributed by atoms with Gasteiger partial charge in [0.1, 0.15) is 5.75 Å². The van der Waals surface area contributed by atoms with E-state index in [0.717, 1.165) is 34.3 Å². The monoisotopic (exact) mass is 466 g/mol. The van der Waals surface area contributed by atoms with Crippen LogP contribution in [0.2, 0.25) is 0 Å². The molecule has 0 aliphatic carbocycles. The minimum Gasteiger partial charge on any atom is -0.494 e. The lowest BCUT2D eigenvalue weighted by atomic mass is 10.0. The molecule has 2 aromatic rings. The Hall–Kier alpha value is -3.33. The van der Waals surface area contributed by atoms with Crippen LogP contribution in [-0.2, 0) is 19.3 Å². The molecule has 0 radical (unpaired) electrons. The number of nitrogens with one attached hydrogen (secondary N) is 1. The Morgan fingerprint density at radius 3 is 2.58 bits per heavy atom.